The number of aliphatic carboxylic acids is 1. The Morgan fingerprint density at radius 3 is 2.17 bits per heavy atom. The molecule has 2 N–H and O–H groups in total. The second kappa shape index (κ2) is 5.14. The van der Waals surface area contributed by atoms with Crippen LogP contribution < -0.4 is 5.32 Å². The van der Waals surface area contributed by atoms with Gasteiger partial charge in [-0.05, 0) is 24.3 Å². The molecule has 4 heteroatoms. The highest BCUT2D eigenvalue weighted by molar-refractivity contribution is 6.41. The highest BCUT2D eigenvalue weighted by atomic mass is 16.4. The van der Waals surface area contributed by atoms with Crippen molar-refractivity contribution in [3.63, 3.8) is 0 Å². The van der Waals surface area contributed by atoms with Gasteiger partial charge in [-0.25, -0.2) is 4.79 Å². The quantitative estimate of drug-likeness (QED) is 0.638. The lowest BCUT2D eigenvalue weighted by molar-refractivity contribution is -0.131. The van der Waals surface area contributed by atoms with Crippen molar-refractivity contribution >= 4 is 23.1 Å². The molecule has 18 heavy (non-hydrogen) atoms. The number of Topliss-reactive ketones (excluding diaryl/α,β-unsaturated/α-hetero) is 1. The Labute approximate surface area is 104 Å². The minimum atomic E-state index is -1.46. The van der Waals surface area contributed by atoms with E-state index in [2.05, 4.69) is 5.32 Å². The van der Waals surface area contributed by atoms with E-state index in [1.165, 1.54) is 6.07 Å². The molecule has 2 aromatic rings. The molecule has 0 aliphatic rings. The van der Waals surface area contributed by atoms with Gasteiger partial charge in [-0.2, -0.15) is 0 Å². The van der Waals surface area contributed by atoms with Gasteiger partial charge >= 0.3 is 5.97 Å². The number of carbonyl (C=O) groups is 2. The van der Waals surface area contributed by atoms with Gasteiger partial charge in [0, 0.05) is 11.4 Å². The SMILES string of the molecule is O=C(O)C(=O)c1ccccc1Nc1ccccc1. The van der Waals surface area contributed by atoms with E-state index in [9.17, 15) is 9.59 Å². The molecule has 0 saturated heterocycles. The Bertz CT molecular complexity index is 579. The van der Waals surface area contributed by atoms with Gasteiger partial charge in [-0.15, -0.1) is 0 Å². The number of para-hydroxylation sites is 2. The predicted octanol–water partition coefficient (Wildman–Crippen LogP) is 2.70. The number of hydrogen-bond acceptors (Lipinski definition) is 3. The molecule has 2 rings (SSSR count). The summed E-state index contributed by atoms with van der Waals surface area (Å²) < 4.78 is 0. The molecule has 0 atom stereocenters. The molecular formula is C14H11NO3. The maximum absolute atomic E-state index is 11.5. The van der Waals surface area contributed by atoms with Crippen molar-refractivity contribution in [3.8, 4) is 0 Å². The third-order valence-electron chi connectivity index (χ3n) is 2.42. The van der Waals surface area contributed by atoms with Gasteiger partial charge in [0.05, 0.1) is 5.56 Å². The first-order valence-electron chi connectivity index (χ1n) is 5.37. The fourth-order valence-corrected chi connectivity index (χ4v) is 1.58. The van der Waals surface area contributed by atoms with Crippen molar-refractivity contribution in [2.75, 3.05) is 5.32 Å². The smallest absolute Gasteiger partial charge is 0.377 e. The standard InChI is InChI=1S/C14H11NO3/c16-13(14(17)18)11-8-4-5-9-12(11)15-10-6-2-1-3-7-10/h1-9,15H,(H,17,18). The lowest BCUT2D eigenvalue weighted by Gasteiger charge is -2.09. The number of carboxylic acids is 1. The first-order chi connectivity index (χ1) is 8.68. The molecule has 2 aromatic carbocycles. The Kier molecular flexibility index (Phi) is 3.38. The van der Waals surface area contributed by atoms with Crippen molar-refractivity contribution in [3.05, 3.63) is 60.2 Å². The molecule has 0 aliphatic carbocycles. The normalized spacial score (nSPS) is 9.78. The predicted molar refractivity (Wildman–Crippen MR) is 68.1 cm³/mol. The molecule has 0 aliphatic heterocycles. The zero-order valence-corrected chi connectivity index (χ0v) is 9.46. The van der Waals surface area contributed by atoms with Crippen LogP contribution in [0.3, 0.4) is 0 Å². The van der Waals surface area contributed by atoms with Crippen molar-refractivity contribution in [1.29, 1.82) is 0 Å². The summed E-state index contributed by atoms with van der Waals surface area (Å²) in [4.78, 5) is 22.2. The van der Waals surface area contributed by atoms with E-state index in [0.717, 1.165) is 5.69 Å². The van der Waals surface area contributed by atoms with Gasteiger partial charge in [0.25, 0.3) is 5.78 Å². The minimum absolute atomic E-state index is 0.147. The number of hydrogen-bond donors (Lipinski definition) is 2. The average Bonchev–Trinajstić information content (AvgIpc) is 2.39. The van der Waals surface area contributed by atoms with Crippen LogP contribution in [-0.4, -0.2) is 16.9 Å². The topological polar surface area (TPSA) is 66.4 Å². The van der Waals surface area contributed by atoms with Crippen LogP contribution in [-0.2, 0) is 4.79 Å². The number of nitrogens with one attached hydrogen (secondary N) is 1. The van der Waals surface area contributed by atoms with Crippen LogP contribution >= 0.6 is 0 Å². The maximum Gasteiger partial charge on any atom is 0.377 e. The summed E-state index contributed by atoms with van der Waals surface area (Å²) in [5.74, 6) is -2.38. The highest BCUT2D eigenvalue weighted by Crippen LogP contribution is 2.21. The Morgan fingerprint density at radius 1 is 0.889 bits per heavy atom. The van der Waals surface area contributed by atoms with Gasteiger partial charge in [-0.1, -0.05) is 30.3 Å². The number of benzene rings is 2. The Morgan fingerprint density at radius 2 is 1.50 bits per heavy atom. The summed E-state index contributed by atoms with van der Waals surface area (Å²) in [5.41, 5.74) is 1.42. The number of ketones is 1. The summed E-state index contributed by atoms with van der Waals surface area (Å²) in [6, 6.07) is 15.8. The number of anilines is 2. The third kappa shape index (κ3) is 2.55. The first-order valence-corrected chi connectivity index (χ1v) is 5.37. The molecule has 0 heterocycles. The van der Waals surface area contributed by atoms with Crippen LogP contribution in [0.15, 0.2) is 54.6 Å². The fraction of sp³-hybridized carbons (Fsp3) is 0. The molecule has 90 valence electrons. The first kappa shape index (κ1) is 11.9. The van der Waals surface area contributed by atoms with E-state index in [1.807, 2.05) is 30.3 Å². The van der Waals surface area contributed by atoms with E-state index < -0.39 is 11.8 Å². The van der Waals surface area contributed by atoms with E-state index in [4.69, 9.17) is 5.11 Å². The van der Waals surface area contributed by atoms with Crippen LogP contribution in [0.25, 0.3) is 0 Å². The summed E-state index contributed by atoms with van der Waals surface area (Å²) >= 11 is 0. The summed E-state index contributed by atoms with van der Waals surface area (Å²) in [6.45, 7) is 0. The lowest BCUT2D eigenvalue weighted by atomic mass is 10.1. The van der Waals surface area contributed by atoms with Gasteiger partial charge < -0.3 is 10.4 Å². The highest BCUT2D eigenvalue weighted by Gasteiger charge is 2.17. The van der Waals surface area contributed by atoms with Gasteiger partial charge in [-0.3, -0.25) is 4.79 Å². The molecule has 0 aromatic heterocycles. The number of carbonyl (C=O) groups excluding carboxylic acids is 1. The van der Waals surface area contributed by atoms with Gasteiger partial charge in [0.15, 0.2) is 0 Å². The molecule has 0 spiro atoms. The number of carboxylic acid groups (broad SMARTS) is 1. The van der Waals surface area contributed by atoms with Crippen LogP contribution in [0, 0.1) is 0 Å². The molecule has 4 nitrogen and oxygen atoms in total. The van der Waals surface area contributed by atoms with E-state index in [1.54, 1.807) is 18.2 Å². The van der Waals surface area contributed by atoms with Crippen molar-refractivity contribution in [2.24, 2.45) is 0 Å². The molecule has 0 unspecified atom stereocenters. The third-order valence-corrected chi connectivity index (χ3v) is 2.42. The molecule has 0 saturated carbocycles. The van der Waals surface area contributed by atoms with Gasteiger partial charge in [0.2, 0.25) is 0 Å². The molecule has 0 bridgehead atoms. The monoisotopic (exact) mass is 241 g/mol. The Balaban J connectivity index is 2.34. The summed E-state index contributed by atoms with van der Waals surface area (Å²) in [5, 5.41) is 11.8. The second-order valence-corrected chi connectivity index (χ2v) is 3.67. The zero-order chi connectivity index (χ0) is 13.0. The van der Waals surface area contributed by atoms with E-state index in [0.29, 0.717) is 5.69 Å². The van der Waals surface area contributed by atoms with Crippen LogP contribution in [0.2, 0.25) is 0 Å². The van der Waals surface area contributed by atoms with E-state index in [-0.39, 0.29) is 5.56 Å². The maximum atomic E-state index is 11.5. The number of rotatable bonds is 4. The fourth-order valence-electron chi connectivity index (χ4n) is 1.58. The van der Waals surface area contributed by atoms with Crippen LogP contribution in [0.5, 0.6) is 0 Å². The van der Waals surface area contributed by atoms with E-state index >= 15 is 0 Å². The van der Waals surface area contributed by atoms with Crippen molar-refractivity contribution in [2.45, 2.75) is 0 Å². The van der Waals surface area contributed by atoms with Crippen LogP contribution in [0.4, 0.5) is 11.4 Å². The molecule has 0 fully saturated rings. The minimum Gasteiger partial charge on any atom is -0.475 e. The summed E-state index contributed by atoms with van der Waals surface area (Å²) in [6.07, 6.45) is 0. The lowest BCUT2D eigenvalue weighted by Crippen LogP contribution is -2.14. The average molecular weight is 241 g/mol. The largest absolute Gasteiger partial charge is 0.475 e. The van der Waals surface area contributed by atoms with Crippen molar-refractivity contribution < 1.29 is 14.7 Å². The molecular weight excluding hydrogens is 230 g/mol. The zero-order valence-electron chi connectivity index (χ0n) is 9.46. The second-order valence-electron chi connectivity index (χ2n) is 3.67. The Hall–Kier alpha value is -2.62. The van der Waals surface area contributed by atoms with Gasteiger partial charge in [0.1, 0.15) is 0 Å². The van der Waals surface area contributed by atoms with Crippen LogP contribution in [0.1, 0.15) is 10.4 Å². The summed E-state index contributed by atoms with van der Waals surface area (Å²) in [7, 11) is 0. The molecule has 0 radical (unpaired) electrons. The molecule has 0 amide bonds. The van der Waals surface area contributed by atoms with Crippen molar-refractivity contribution in [1.82, 2.24) is 0 Å².